The highest BCUT2D eigenvalue weighted by Gasteiger charge is 1.98. The van der Waals surface area contributed by atoms with E-state index in [0.29, 0.717) is 6.54 Å². The molecule has 0 fully saturated rings. The van der Waals surface area contributed by atoms with Gasteiger partial charge in [-0.05, 0) is 6.07 Å². The third-order valence-corrected chi connectivity index (χ3v) is 2.28. The molecule has 0 bridgehead atoms. The van der Waals surface area contributed by atoms with Gasteiger partial charge in [-0.15, -0.1) is 11.3 Å². The van der Waals surface area contributed by atoms with Gasteiger partial charge in [0.05, 0.1) is 11.6 Å². The Balaban J connectivity index is 2.58. The largest absolute Gasteiger partial charge is 0.314 e. The van der Waals surface area contributed by atoms with E-state index in [0.717, 1.165) is 15.0 Å². The fraction of sp³-hybridized carbons (Fsp3) is 0.333. The summed E-state index contributed by atoms with van der Waals surface area (Å²) in [7, 11) is 1.60. The van der Waals surface area contributed by atoms with Gasteiger partial charge in [0.15, 0.2) is 0 Å². The van der Waals surface area contributed by atoms with Crippen LogP contribution < -0.4 is 0 Å². The predicted octanol–water partition coefficient (Wildman–Crippen LogP) is 2.22. The lowest BCUT2D eigenvalue weighted by Crippen LogP contribution is -2.10. The summed E-state index contributed by atoms with van der Waals surface area (Å²) in [5, 5.41) is 12.5. The van der Waals surface area contributed by atoms with Crippen molar-refractivity contribution in [3.8, 4) is 0 Å². The zero-order valence-corrected chi connectivity index (χ0v) is 7.11. The van der Waals surface area contributed by atoms with Crippen molar-refractivity contribution in [2.75, 3.05) is 7.05 Å². The summed E-state index contributed by atoms with van der Waals surface area (Å²) < 4.78 is 0. The van der Waals surface area contributed by atoms with Gasteiger partial charge < -0.3 is 5.21 Å². The Bertz CT molecular complexity index is 211. The molecule has 0 unspecified atom stereocenters. The number of thiophene rings is 1. The molecular weight excluding hydrogens is 170 g/mol. The van der Waals surface area contributed by atoms with Gasteiger partial charge in [-0.3, -0.25) is 0 Å². The number of nitrogens with zero attached hydrogens (tertiary/aromatic N) is 1. The molecule has 0 amide bonds. The Morgan fingerprint density at radius 1 is 1.80 bits per heavy atom. The second kappa shape index (κ2) is 3.34. The summed E-state index contributed by atoms with van der Waals surface area (Å²) in [6.45, 7) is 0.539. The van der Waals surface area contributed by atoms with Crippen LogP contribution >= 0.6 is 22.9 Å². The Kier molecular flexibility index (Phi) is 2.68. The first kappa shape index (κ1) is 8.01. The van der Waals surface area contributed by atoms with Crippen molar-refractivity contribution in [2.45, 2.75) is 6.54 Å². The Morgan fingerprint density at radius 3 is 2.90 bits per heavy atom. The van der Waals surface area contributed by atoms with Crippen LogP contribution in [0.3, 0.4) is 0 Å². The molecule has 0 spiro atoms. The fourth-order valence-corrected chi connectivity index (χ4v) is 1.78. The van der Waals surface area contributed by atoms with Crippen LogP contribution in [0.4, 0.5) is 0 Å². The lowest BCUT2D eigenvalue weighted by Gasteiger charge is -2.03. The normalized spacial score (nSPS) is 10.8. The standard InChI is InChI=1S/C6H8ClNOS/c1-8(9)3-6-2-5(7)4-10-6/h2,4,9H,3H2,1H3. The van der Waals surface area contributed by atoms with Crippen molar-refractivity contribution in [3.05, 3.63) is 21.3 Å². The molecule has 1 rings (SSSR count). The average Bonchev–Trinajstić information content (AvgIpc) is 2.13. The summed E-state index contributed by atoms with van der Waals surface area (Å²) in [6.07, 6.45) is 0. The maximum atomic E-state index is 8.81. The smallest absolute Gasteiger partial charge is 0.0579 e. The number of hydrogen-bond acceptors (Lipinski definition) is 3. The van der Waals surface area contributed by atoms with Crippen LogP contribution in [0.1, 0.15) is 4.88 Å². The van der Waals surface area contributed by atoms with E-state index in [9.17, 15) is 0 Å². The molecule has 2 nitrogen and oxygen atoms in total. The van der Waals surface area contributed by atoms with Gasteiger partial charge in [0.2, 0.25) is 0 Å². The molecule has 0 aliphatic carbocycles. The third-order valence-electron chi connectivity index (χ3n) is 1.01. The van der Waals surface area contributed by atoms with Gasteiger partial charge in [0.1, 0.15) is 0 Å². The lowest BCUT2D eigenvalue weighted by atomic mass is 10.5. The molecule has 0 aliphatic heterocycles. The SMILES string of the molecule is CN(O)Cc1cc(Cl)cs1. The topological polar surface area (TPSA) is 23.5 Å². The van der Waals surface area contributed by atoms with E-state index in [1.54, 1.807) is 18.4 Å². The van der Waals surface area contributed by atoms with Crippen molar-refractivity contribution in [1.82, 2.24) is 5.06 Å². The van der Waals surface area contributed by atoms with Gasteiger partial charge >= 0.3 is 0 Å². The zero-order chi connectivity index (χ0) is 7.56. The van der Waals surface area contributed by atoms with E-state index in [1.807, 2.05) is 11.4 Å². The molecule has 4 heteroatoms. The molecule has 0 atom stereocenters. The van der Waals surface area contributed by atoms with Crippen LogP contribution in [0.15, 0.2) is 11.4 Å². The van der Waals surface area contributed by atoms with E-state index in [4.69, 9.17) is 16.8 Å². The quantitative estimate of drug-likeness (QED) is 0.701. The molecule has 1 aromatic heterocycles. The summed E-state index contributed by atoms with van der Waals surface area (Å²) in [5.41, 5.74) is 0. The first-order valence-electron chi connectivity index (χ1n) is 2.81. The van der Waals surface area contributed by atoms with Crippen LogP contribution in [0, 0.1) is 0 Å². The van der Waals surface area contributed by atoms with Crippen LogP contribution in [0.5, 0.6) is 0 Å². The summed E-state index contributed by atoms with van der Waals surface area (Å²) >= 11 is 7.20. The van der Waals surface area contributed by atoms with E-state index in [-0.39, 0.29) is 0 Å². The molecule has 0 aromatic carbocycles. The van der Waals surface area contributed by atoms with E-state index < -0.39 is 0 Å². The van der Waals surface area contributed by atoms with Gasteiger partial charge in [-0.25, -0.2) is 0 Å². The predicted molar refractivity (Wildman–Crippen MR) is 42.6 cm³/mol. The summed E-state index contributed by atoms with van der Waals surface area (Å²) in [4.78, 5) is 1.06. The highest BCUT2D eigenvalue weighted by atomic mass is 35.5. The minimum Gasteiger partial charge on any atom is -0.314 e. The fourth-order valence-electron chi connectivity index (χ4n) is 0.662. The molecule has 0 saturated carbocycles. The summed E-state index contributed by atoms with van der Waals surface area (Å²) in [6, 6.07) is 1.85. The highest BCUT2D eigenvalue weighted by molar-refractivity contribution is 7.10. The average molecular weight is 178 g/mol. The molecule has 1 heterocycles. The number of rotatable bonds is 2. The molecule has 1 aromatic rings. The van der Waals surface area contributed by atoms with Gasteiger partial charge in [0.25, 0.3) is 0 Å². The molecule has 0 saturated heterocycles. The van der Waals surface area contributed by atoms with Crippen LogP contribution in [0.2, 0.25) is 5.02 Å². The van der Waals surface area contributed by atoms with E-state index in [2.05, 4.69) is 0 Å². The highest BCUT2D eigenvalue weighted by Crippen LogP contribution is 2.19. The third kappa shape index (κ3) is 2.27. The van der Waals surface area contributed by atoms with Crippen molar-refractivity contribution in [3.63, 3.8) is 0 Å². The molecule has 1 N–H and O–H groups in total. The maximum absolute atomic E-state index is 8.81. The molecule has 0 radical (unpaired) electrons. The minimum atomic E-state index is 0.539. The van der Waals surface area contributed by atoms with Crippen LogP contribution in [-0.2, 0) is 6.54 Å². The number of hydrogen-bond donors (Lipinski definition) is 1. The molecule has 56 valence electrons. The van der Waals surface area contributed by atoms with Gasteiger partial charge in [-0.2, -0.15) is 5.06 Å². The Labute approximate surface area is 68.6 Å². The molecule has 0 aliphatic rings. The van der Waals surface area contributed by atoms with Gasteiger partial charge in [0, 0.05) is 17.3 Å². The number of halogens is 1. The number of hydroxylamine groups is 2. The first-order valence-corrected chi connectivity index (χ1v) is 4.07. The monoisotopic (exact) mass is 177 g/mol. The van der Waals surface area contributed by atoms with E-state index in [1.165, 1.54) is 0 Å². The maximum Gasteiger partial charge on any atom is 0.0579 e. The van der Waals surface area contributed by atoms with Crippen LogP contribution in [-0.4, -0.2) is 17.3 Å². The van der Waals surface area contributed by atoms with Crippen molar-refractivity contribution in [1.29, 1.82) is 0 Å². The first-order chi connectivity index (χ1) is 4.68. The van der Waals surface area contributed by atoms with Crippen molar-refractivity contribution < 1.29 is 5.21 Å². The summed E-state index contributed by atoms with van der Waals surface area (Å²) in [5.74, 6) is 0. The Morgan fingerprint density at radius 2 is 2.50 bits per heavy atom. The minimum absolute atomic E-state index is 0.539. The molecular formula is C6H8ClNOS. The van der Waals surface area contributed by atoms with Crippen molar-refractivity contribution in [2.24, 2.45) is 0 Å². The Hall–Kier alpha value is -0.0900. The molecule has 10 heavy (non-hydrogen) atoms. The zero-order valence-electron chi connectivity index (χ0n) is 5.54. The second-order valence-electron chi connectivity index (χ2n) is 2.05. The lowest BCUT2D eigenvalue weighted by molar-refractivity contribution is -0.0723. The second-order valence-corrected chi connectivity index (χ2v) is 3.48. The van der Waals surface area contributed by atoms with Gasteiger partial charge in [-0.1, -0.05) is 11.6 Å². The van der Waals surface area contributed by atoms with E-state index >= 15 is 0 Å². The van der Waals surface area contributed by atoms with Crippen molar-refractivity contribution >= 4 is 22.9 Å². The van der Waals surface area contributed by atoms with Crippen LogP contribution in [0.25, 0.3) is 0 Å².